The molecule has 2 heterocycles. The molecule has 0 radical (unpaired) electrons. The smallest absolute Gasteiger partial charge is 0.216 e. The molecule has 9 nitrogen and oxygen atoms in total. The summed E-state index contributed by atoms with van der Waals surface area (Å²) in [5, 5.41) is 6.28. The van der Waals surface area contributed by atoms with Crippen LogP contribution >= 0.6 is 11.3 Å². The molecule has 1 saturated heterocycles. The van der Waals surface area contributed by atoms with E-state index >= 15 is 0 Å². The Kier molecular flexibility index (Phi) is 9.12. The summed E-state index contributed by atoms with van der Waals surface area (Å²) in [5.41, 5.74) is 0.931. The highest BCUT2D eigenvalue weighted by molar-refractivity contribution is 7.89. The number of nitrogens with zero attached hydrogens (tertiary/aromatic N) is 5. The average molecular weight is 447 g/mol. The zero-order chi connectivity index (χ0) is 21.4. The van der Waals surface area contributed by atoms with E-state index in [0.717, 1.165) is 23.3 Å². The second kappa shape index (κ2) is 11.1. The van der Waals surface area contributed by atoms with Crippen molar-refractivity contribution in [3.63, 3.8) is 0 Å². The zero-order valence-electron chi connectivity index (χ0n) is 18.1. The van der Waals surface area contributed by atoms with Crippen molar-refractivity contribution in [2.24, 2.45) is 4.99 Å². The lowest BCUT2D eigenvalue weighted by molar-refractivity contribution is 0.0904. The molecule has 1 aromatic heterocycles. The van der Waals surface area contributed by atoms with Gasteiger partial charge in [-0.05, 0) is 20.8 Å². The fourth-order valence-corrected chi connectivity index (χ4v) is 4.89. The number of hydrogen-bond acceptors (Lipinski definition) is 7. The molecule has 11 heteroatoms. The Bertz CT molecular complexity index is 755. The van der Waals surface area contributed by atoms with Gasteiger partial charge in [0.05, 0.1) is 30.7 Å². The number of guanidine groups is 1. The van der Waals surface area contributed by atoms with Gasteiger partial charge in [0.1, 0.15) is 0 Å². The van der Waals surface area contributed by atoms with Crippen molar-refractivity contribution < 1.29 is 13.2 Å². The summed E-state index contributed by atoms with van der Waals surface area (Å²) in [7, 11) is 0.648. The Labute approximate surface area is 178 Å². The quantitative estimate of drug-likeness (QED) is 0.448. The predicted molar refractivity (Wildman–Crippen MR) is 119 cm³/mol. The number of hydrogen-bond donors (Lipinski definition) is 1. The maximum atomic E-state index is 12.5. The first-order valence-corrected chi connectivity index (χ1v) is 12.5. The Hall–Kier alpha value is -1.43. The minimum Gasteiger partial charge on any atom is -0.378 e. The number of anilines is 1. The molecule has 166 valence electrons. The molecule has 0 aromatic carbocycles. The third-order valence-corrected chi connectivity index (χ3v) is 7.26. The van der Waals surface area contributed by atoms with Crippen LogP contribution in [-0.4, -0.2) is 93.8 Å². The molecule has 0 aliphatic carbocycles. The summed E-state index contributed by atoms with van der Waals surface area (Å²) >= 11 is 1.60. The van der Waals surface area contributed by atoms with Crippen molar-refractivity contribution in [1.29, 1.82) is 0 Å². The van der Waals surface area contributed by atoms with Crippen LogP contribution in [0.1, 0.15) is 26.5 Å². The summed E-state index contributed by atoms with van der Waals surface area (Å²) < 4.78 is 32.0. The first-order chi connectivity index (χ1) is 13.7. The van der Waals surface area contributed by atoms with Crippen LogP contribution in [0, 0.1) is 0 Å². The third-order valence-electron chi connectivity index (χ3n) is 4.37. The Morgan fingerprint density at radius 3 is 2.59 bits per heavy atom. The van der Waals surface area contributed by atoms with Crippen LogP contribution < -0.4 is 10.2 Å². The van der Waals surface area contributed by atoms with Gasteiger partial charge < -0.3 is 19.9 Å². The molecule has 1 fully saturated rings. The van der Waals surface area contributed by atoms with Crippen molar-refractivity contribution in [1.82, 2.24) is 19.5 Å². The highest BCUT2D eigenvalue weighted by atomic mass is 32.2. The van der Waals surface area contributed by atoms with Crippen molar-refractivity contribution in [2.75, 3.05) is 64.1 Å². The first kappa shape index (κ1) is 23.8. The van der Waals surface area contributed by atoms with Crippen LogP contribution in [0.4, 0.5) is 5.13 Å². The van der Waals surface area contributed by atoms with E-state index in [0.29, 0.717) is 32.7 Å². The molecule has 0 bridgehead atoms. The molecule has 0 atom stereocenters. The molecular weight excluding hydrogens is 412 g/mol. The SMILES string of the molecule is CCNC(=NCc1csc(N(C)C)n1)N1CCN(S(=O)(=O)CCOC(C)C)CC1. The van der Waals surface area contributed by atoms with Gasteiger partial charge in [-0.25, -0.2) is 18.4 Å². The van der Waals surface area contributed by atoms with E-state index in [4.69, 9.17) is 9.73 Å². The fraction of sp³-hybridized carbons (Fsp3) is 0.778. The molecule has 2 rings (SSSR count). The summed E-state index contributed by atoms with van der Waals surface area (Å²) in [6, 6.07) is 0. The lowest BCUT2D eigenvalue weighted by atomic mass is 10.4. The van der Waals surface area contributed by atoms with Gasteiger partial charge in [-0.15, -0.1) is 11.3 Å². The summed E-state index contributed by atoms with van der Waals surface area (Å²) in [5.74, 6) is 0.823. The highest BCUT2D eigenvalue weighted by Gasteiger charge is 2.28. The fourth-order valence-electron chi connectivity index (χ4n) is 2.85. The van der Waals surface area contributed by atoms with E-state index in [1.54, 1.807) is 15.6 Å². The highest BCUT2D eigenvalue weighted by Crippen LogP contribution is 2.18. The molecule has 29 heavy (non-hydrogen) atoms. The van der Waals surface area contributed by atoms with Gasteiger partial charge in [-0.1, -0.05) is 0 Å². The molecule has 0 amide bonds. The van der Waals surface area contributed by atoms with Gasteiger partial charge >= 0.3 is 0 Å². The van der Waals surface area contributed by atoms with Crippen LogP contribution in [0.25, 0.3) is 0 Å². The number of rotatable bonds is 9. The molecule has 0 saturated carbocycles. The number of nitrogens with one attached hydrogen (secondary N) is 1. The van der Waals surface area contributed by atoms with Crippen molar-refractivity contribution in [2.45, 2.75) is 33.4 Å². The molecule has 0 spiro atoms. The second-order valence-corrected chi connectivity index (χ2v) is 10.2. The van der Waals surface area contributed by atoms with Crippen molar-refractivity contribution >= 4 is 32.5 Å². The topological polar surface area (TPSA) is 90.4 Å². The lowest BCUT2D eigenvalue weighted by Crippen LogP contribution is -2.54. The van der Waals surface area contributed by atoms with Crippen molar-refractivity contribution in [3.8, 4) is 0 Å². The second-order valence-electron chi connectivity index (χ2n) is 7.31. The number of aromatic nitrogens is 1. The first-order valence-electron chi connectivity index (χ1n) is 9.97. The number of sulfonamides is 1. The van der Waals surface area contributed by atoms with Gasteiger partial charge in [0.15, 0.2) is 11.1 Å². The molecular formula is C18H34N6O3S2. The maximum absolute atomic E-state index is 12.5. The van der Waals surface area contributed by atoms with Gasteiger partial charge in [0, 0.05) is 52.2 Å². The third kappa shape index (κ3) is 7.40. The van der Waals surface area contributed by atoms with Crippen LogP contribution in [0.2, 0.25) is 0 Å². The van der Waals surface area contributed by atoms with E-state index in [1.165, 1.54) is 0 Å². The number of ether oxygens (including phenoxy) is 1. The van der Waals surface area contributed by atoms with Gasteiger partial charge in [-0.2, -0.15) is 4.31 Å². The Morgan fingerprint density at radius 2 is 2.03 bits per heavy atom. The van der Waals surface area contributed by atoms with Crippen LogP contribution in [0.15, 0.2) is 10.4 Å². The van der Waals surface area contributed by atoms with Crippen LogP contribution in [-0.2, 0) is 21.3 Å². The molecule has 1 aliphatic heterocycles. The molecule has 0 unspecified atom stereocenters. The number of thiazole rings is 1. The monoisotopic (exact) mass is 446 g/mol. The molecule has 1 N–H and O–H groups in total. The zero-order valence-corrected chi connectivity index (χ0v) is 19.7. The van der Waals surface area contributed by atoms with E-state index in [9.17, 15) is 8.42 Å². The molecule has 1 aliphatic rings. The largest absolute Gasteiger partial charge is 0.378 e. The number of aliphatic imine (C=N–C) groups is 1. The van der Waals surface area contributed by atoms with E-state index in [-0.39, 0.29) is 18.5 Å². The van der Waals surface area contributed by atoms with Gasteiger partial charge in [0.25, 0.3) is 0 Å². The van der Waals surface area contributed by atoms with Crippen LogP contribution in [0.5, 0.6) is 0 Å². The summed E-state index contributed by atoms with van der Waals surface area (Å²) in [4.78, 5) is 13.4. The summed E-state index contributed by atoms with van der Waals surface area (Å²) in [6.45, 7) is 9.43. The minimum absolute atomic E-state index is 0.0252. The van der Waals surface area contributed by atoms with Gasteiger partial charge in [0.2, 0.25) is 10.0 Å². The normalized spacial score (nSPS) is 16.5. The standard InChI is InChI=1S/C18H34N6O3S2/c1-6-19-17(20-13-16-14-28-18(21-16)22(4)5)23-7-9-24(10-8-23)29(25,26)12-11-27-15(2)3/h14-15H,6-13H2,1-5H3,(H,19,20). The molecule has 1 aromatic rings. The maximum Gasteiger partial charge on any atom is 0.216 e. The predicted octanol–water partition coefficient (Wildman–Crippen LogP) is 1.05. The van der Waals surface area contributed by atoms with Gasteiger partial charge in [-0.3, -0.25) is 0 Å². The Balaban J connectivity index is 1.93. The number of piperazine rings is 1. The van der Waals surface area contributed by atoms with E-state index < -0.39 is 10.0 Å². The average Bonchev–Trinajstić information content (AvgIpc) is 3.14. The van der Waals surface area contributed by atoms with Crippen molar-refractivity contribution in [3.05, 3.63) is 11.1 Å². The minimum atomic E-state index is -3.29. The summed E-state index contributed by atoms with van der Waals surface area (Å²) in [6.07, 6.45) is 0.0347. The lowest BCUT2D eigenvalue weighted by Gasteiger charge is -2.35. The van der Waals surface area contributed by atoms with E-state index in [1.807, 2.05) is 45.1 Å². The van der Waals surface area contributed by atoms with E-state index in [2.05, 4.69) is 15.2 Å². The Morgan fingerprint density at radius 1 is 1.34 bits per heavy atom. The van der Waals surface area contributed by atoms with Crippen LogP contribution in [0.3, 0.4) is 0 Å².